The van der Waals surface area contributed by atoms with E-state index in [1.807, 2.05) is 11.4 Å². The van der Waals surface area contributed by atoms with Crippen LogP contribution in [0, 0.1) is 0 Å². The van der Waals surface area contributed by atoms with E-state index in [-0.39, 0.29) is 5.97 Å². The maximum atomic E-state index is 11.8. The number of carbonyl (C=O) groups excluding carboxylic acids is 1. The molecule has 0 amide bonds. The Labute approximate surface area is 108 Å². The van der Waals surface area contributed by atoms with Crippen LogP contribution in [-0.2, 0) is 9.53 Å². The smallest absolute Gasteiger partial charge is 0.320 e. The minimum atomic E-state index is -0.501. The van der Waals surface area contributed by atoms with E-state index in [0.29, 0.717) is 10.0 Å². The van der Waals surface area contributed by atoms with Crippen molar-refractivity contribution in [2.45, 2.75) is 5.92 Å². The number of halogens is 1. The van der Waals surface area contributed by atoms with Crippen LogP contribution in [0.5, 0.6) is 0 Å². The maximum Gasteiger partial charge on any atom is 0.320 e. The SMILES string of the molecule is COC(=O)C(c1cccc(Cl)c1)c1nccs1. The monoisotopic (exact) mass is 267 g/mol. The van der Waals surface area contributed by atoms with Crippen LogP contribution in [0.25, 0.3) is 0 Å². The standard InChI is InChI=1S/C12H10ClNO2S/c1-16-12(15)10(11-14-5-6-17-11)8-3-2-4-9(13)7-8/h2-7,10H,1H3. The van der Waals surface area contributed by atoms with Gasteiger partial charge in [0, 0.05) is 16.6 Å². The van der Waals surface area contributed by atoms with Crippen LogP contribution >= 0.6 is 22.9 Å². The average molecular weight is 268 g/mol. The molecular weight excluding hydrogens is 258 g/mol. The van der Waals surface area contributed by atoms with E-state index in [4.69, 9.17) is 16.3 Å². The molecule has 1 heterocycles. The molecule has 2 aromatic rings. The van der Waals surface area contributed by atoms with Crippen molar-refractivity contribution in [2.24, 2.45) is 0 Å². The second-order valence-corrected chi connectivity index (χ2v) is 4.74. The number of benzene rings is 1. The van der Waals surface area contributed by atoms with Crippen molar-refractivity contribution in [1.29, 1.82) is 0 Å². The lowest BCUT2D eigenvalue weighted by molar-refractivity contribution is -0.141. The minimum absolute atomic E-state index is 0.331. The van der Waals surface area contributed by atoms with Crippen LogP contribution in [0.2, 0.25) is 5.02 Å². The second kappa shape index (κ2) is 5.29. The van der Waals surface area contributed by atoms with E-state index in [2.05, 4.69) is 4.98 Å². The van der Waals surface area contributed by atoms with Crippen LogP contribution in [0.15, 0.2) is 35.8 Å². The fourth-order valence-electron chi connectivity index (χ4n) is 1.56. The Balaban J connectivity index is 2.44. The summed E-state index contributed by atoms with van der Waals surface area (Å²) in [6.45, 7) is 0. The molecule has 0 radical (unpaired) electrons. The zero-order valence-corrected chi connectivity index (χ0v) is 10.7. The summed E-state index contributed by atoms with van der Waals surface area (Å²) < 4.78 is 4.82. The van der Waals surface area contributed by atoms with Crippen molar-refractivity contribution in [2.75, 3.05) is 7.11 Å². The van der Waals surface area contributed by atoms with Crippen molar-refractivity contribution in [3.63, 3.8) is 0 Å². The van der Waals surface area contributed by atoms with Gasteiger partial charge in [-0.1, -0.05) is 23.7 Å². The number of nitrogens with zero attached hydrogens (tertiary/aromatic N) is 1. The van der Waals surface area contributed by atoms with Crippen LogP contribution in [0.4, 0.5) is 0 Å². The molecule has 1 aromatic heterocycles. The molecule has 0 saturated heterocycles. The summed E-state index contributed by atoms with van der Waals surface area (Å²) in [4.78, 5) is 16.0. The summed E-state index contributed by atoms with van der Waals surface area (Å²) >= 11 is 7.35. The van der Waals surface area contributed by atoms with E-state index < -0.39 is 5.92 Å². The van der Waals surface area contributed by atoms with Crippen LogP contribution in [-0.4, -0.2) is 18.1 Å². The zero-order valence-electron chi connectivity index (χ0n) is 9.09. The first-order valence-corrected chi connectivity index (χ1v) is 6.21. The van der Waals surface area contributed by atoms with Crippen LogP contribution in [0.1, 0.15) is 16.5 Å². The minimum Gasteiger partial charge on any atom is -0.468 e. The van der Waals surface area contributed by atoms with E-state index >= 15 is 0 Å². The Morgan fingerprint density at radius 3 is 2.94 bits per heavy atom. The number of esters is 1. The summed E-state index contributed by atoms with van der Waals surface area (Å²) in [6, 6.07) is 7.17. The molecule has 88 valence electrons. The predicted octanol–water partition coefficient (Wildman–Crippen LogP) is 3.10. The highest BCUT2D eigenvalue weighted by molar-refractivity contribution is 7.09. The second-order valence-electron chi connectivity index (χ2n) is 3.38. The fraction of sp³-hybridized carbons (Fsp3) is 0.167. The van der Waals surface area contributed by atoms with E-state index in [9.17, 15) is 4.79 Å². The summed E-state index contributed by atoms with van der Waals surface area (Å²) in [5.74, 6) is -0.832. The summed E-state index contributed by atoms with van der Waals surface area (Å²) in [7, 11) is 1.37. The Morgan fingerprint density at radius 2 is 2.35 bits per heavy atom. The van der Waals surface area contributed by atoms with Crippen molar-refractivity contribution in [1.82, 2.24) is 4.98 Å². The molecule has 3 nitrogen and oxygen atoms in total. The van der Waals surface area contributed by atoms with Gasteiger partial charge in [0.2, 0.25) is 0 Å². The number of hydrogen-bond donors (Lipinski definition) is 0. The molecule has 0 saturated carbocycles. The third-order valence-corrected chi connectivity index (χ3v) is 3.39. The summed E-state index contributed by atoms with van der Waals surface area (Å²) in [5, 5.41) is 3.13. The van der Waals surface area contributed by atoms with Gasteiger partial charge in [-0.3, -0.25) is 4.79 Å². The van der Waals surface area contributed by atoms with E-state index in [0.717, 1.165) is 5.56 Å². The largest absolute Gasteiger partial charge is 0.468 e. The van der Waals surface area contributed by atoms with Crippen LogP contribution in [0.3, 0.4) is 0 Å². The topological polar surface area (TPSA) is 39.2 Å². The fourth-order valence-corrected chi connectivity index (χ4v) is 2.51. The van der Waals surface area contributed by atoms with Crippen LogP contribution < -0.4 is 0 Å². The van der Waals surface area contributed by atoms with Crippen molar-refractivity contribution in [3.8, 4) is 0 Å². The third kappa shape index (κ3) is 2.65. The first-order chi connectivity index (χ1) is 8.22. The number of aromatic nitrogens is 1. The Bertz CT molecular complexity index is 513. The number of carbonyl (C=O) groups is 1. The Morgan fingerprint density at radius 1 is 1.53 bits per heavy atom. The molecule has 0 aliphatic heterocycles. The average Bonchev–Trinajstić information content (AvgIpc) is 2.83. The molecule has 0 aliphatic rings. The van der Waals surface area contributed by atoms with Gasteiger partial charge in [0.25, 0.3) is 0 Å². The highest BCUT2D eigenvalue weighted by atomic mass is 35.5. The van der Waals surface area contributed by atoms with Gasteiger partial charge < -0.3 is 4.74 Å². The van der Waals surface area contributed by atoms with Gasteiger partial charge >= 0.3 is 5.97 Å². The normalized spacial score (nSPS) is 12.1. The molecule has 17 heavy (non-hydrogen) atoms. The zero-order chi connectivity index (χ0) is 12.3. The molecule has 0 bridgehead atoms. The van der Waals surface area contributed by atoms with Crippen molar-refractivity contribution in [3.05, 3.63) is 51.4 Å². The van der Waals surface area contributed by atoms with Gasteiger partial charge in [-0.05, 0) is 17.7 Å². The quantitative estimate of drug-likeness (QED) is 0.802. The molecule has 2 rings (SSSR count). The van der Waals surface area contributed by atoms with Crippen molar-refractivity contribution >= 4 is 28.9 Å². The predicted molar refractivity (Wildman–Crippen MR) is 67.4 cm³/mol. The van der Waals surface area contributed by atoms with Gasteiger partial charge in [-0.25, -0.2) is 4.98 Å². The van der Waals surface area contributed by atoms with Gasteiger partial charge in [0.15, 0.2) is 0 Å². The van der Waals surface area contributed by atoms with E-state index in [1.54, 1.807) is 24.4 Å². The van der Waals surface area contributed by atoms with E-state index in [1.165, 1.54) is 18.4 Å². The Kier molecular flexibility index (Phi) is 3.76. The highest BCUT2D eigenvalue weighted by Crippen LogP contribution is 2.29. The number of thiazole rings is 1. The Hall–Kier alpha value is -1.39. The first-order valence-electron chi connectivity index (χ1n) is 4.95. The lowest BCUT2D eigenvalue weighted by Crippen LogP contribution is -2.15. The lowest BCUT2D eigenvalue weighted by Gasteiger charge is -2.12. The molecule has 0 aliphatic carbocycles. The molecule has 5 heteroatoms. The van der Waals surface area contributed by atoms with Gasteiger partial charge in [-0.15, -0.1) is 11.3 Å². The molecule has 0 spiro atoms. The molecule has 1 unspecified atom stereocenters. The lowest BCUT2D eigenvalue weighted by atomic mass is 10.00. The molecule has 1 atom stereocenters. The first kappa shape index (κ1) is 12.1. The summed E-state index contributed by atoms with van der Waals surface area (Å²) in [6.07, 6.45) is 1.67. The third-order valence-electron chi connectivity index (χ3n) is 2.32. The van der Waals surface area contributed by atoms with Gasteiger partial charge in [0.05, 0.1) is 7.11 Å². The highest BCUT2D eigenvalue weighted by Gasteiger charge is 2.26. The molecule has 0 N–H and O–H groups in total. The number of ether oxygens (including phenoxy) is 1. The molecular formula is C12H10ClNO2S. The van der Waals surface area contributed by atoms with Gasteiger partial charge in [-0.2, -0.15) is 0 Å². The number of hydrogen-bond acceptors (Lipinski definition) is 4. The molecule has 1 aromatic carbocycles. The maximum absolute atomic E-state index is 11.8. The number of methoxy groups -OCH3 is 1. The van der Waals surface area contributed by atoms with Gasteiger partial charge in [0.1, 0.15) is 10.9 Å². The van der Waals surface area contributed by atoms with Crippen molar-refractivity contribution < 1.29 is 9.53 Å². The number of rotatable bonds is 3. The molecule has 0 fully saturated rings. The summed E-state index contributed by atoms with van der Waals surface area (Å²) in [5.41, 5.74) is 0.791.